The van der Waals surface area contributed by atoms with Crippen LogP contribution < -0.4 is 0 Å². The van der Waals surface area contributed by atoms with Crippen molar-refractivity contribution in [2.45, 2.75) is 49.4 Å². The van der Waals surface area contributed by atoms with E-state index in [2.05, 4.69) is 6.92 Å². The molecule has 0 radical (unpaired) electrons. The second-order valence-corrected chi connectivity index (χ2v) is 6.18. The van der Waals surface area contributed by atoms with Crippen LogP contribution in [0.5, 0.6) is 0 Å². The summed E-state index contributed by atoms with van der Waals surface area (Å²) >= 11 is 1.74. The Bertz CT molecular complexity index is 234. The summed E-state index contributed by atoms with van der Waals surface area (Å²) in [7, 11) is 0. The van der Waals surface area contributed by atoms with Crippen molar-refractivity contribution < 1.29 is 13.9 Å². The van der Waals surface area contributed by atoms with Crippen LogP contribution in [0.15, 0.2) is 0 Å². The van der Waals surface area contributed by atoms with Gasteiger partial charge in [-0.1, -0.05) is 6.92 Å². The molecule has 82 valence electrons. The van der Waals surface area contributed by atoms with Crippen LogP contribution in [0.25, 0.3) is 0 Å². The van der Waals surface area contributed by atoms with E-state index < -0.39 is 17.4 Å². The summed E-state index contributed by atoms with van der Waals surface area (Å²) in [6.45, 7) is 2.08. The Morgan fingerprint density at radius 3 is 2.50 bits per heavy atom. The molecular formula is C10H16F2OS. The standard InChI is InChI=1S/C10H16F2OS/c1-7-4-9(13,6-14-7)3-2-8-5-10(8,11)12/h7-8,13H,2-6H2,1H3. The molecule has 4 heteroatoms. The number of hydrogen-bond donors (Lipinski definition) is 1. The van der Waals surface area contributed by atoms with Crippen molar-refractivity contribution in [3.8, 4) is 0 Å². The Morgan fingerprint density at radius 1 is 1.43 bits per heavy atom. The highest BCUT2D eigenvalue weighted by molar-refractivity contribution is 8.00. The van der Waals surface area contributed by atoms with Gasteiger partial charge in [-0.2, -0.15) is 11.8 Å². The molecule has 2 fully saturated rings. The van der Waals surface area contributed by atoms with Gasteiger partial charge in [0.25, 0.3) is 5.92 Å². The molecule has 1 saturated carbocycles. The van der Waals surface area contributed by atoms with Crippen molar-refractivity contribution >= 4 is 11.8 Å². The second kappa shape index (κ2) is 3.34. The average molecular weight is 222 g/mol. The van der Waals surface area contributed by atoms with Gasteiger partial charge in [-0.3, -0.25) is 0 Å². The minimum atomic E-state index is -2.42. The Morgan fingerprint density at radius 2 is 2.07 bits per heavy atom. The van der Waals surface area contributed by atoms with Crippen molar-refractivity contribution in [2.24, 2.45) is 5.92 Å². The Balaban J connectivity index is 1.76. The molecule has 1 heterocycles. The quantitative estimate of drug-likeness (QED) is 0.792. The minimum absolute atomic E-state index is 0.0335. The Hall–Kier alpha value is 0.170. The van der Waals surface area contributed by atoms with Crippen molar-refractivity contribution in [1.82, 2.24) is 0 Å². The van der Waals surface area contributed by atoms with Gasteiger partial charge in [0.2, 0.25) is 0 Å². The largest absolute Gasteiger partial charge is 0.389 e. The summed E-state index contributed by atoms with van der Waals surface area (Å²) < 4.78 is 25.2. The van der Waals surface area contributed by atoms with Crippen molar-refractivity contribution in [3.63, 3.8) is 0 Å². The van der Waals surface area contributed by atoms with Gasteiger partial charge in [-0.25, -0.2) is 8.78 Å². The lowest BCUT2D eigenvalue weighted by atomic mass is 9.93. The molecule has 2 aliphatic rings. The lowest BCUT2D eigenvalue weighted by Crippen LogP contribution is -2.28. The molecule has 2 rings (SSSR count). The van der Waals surface area contributed by atoms with Crippen molar-refractivity contribution in [2.75, 3.05) is 5.75 Å². The molecular weight excluding hydrogens is 206 g/mol. The molecule has 0 bridgehead atoms. The fourth-order valence-corrected chi connectivity index (χ4v) is 3.44. The van der Waals surface area contributed by atoms with Gasteiger partial charge in [-0.05, 0) is 19.3 Å². The summed E-state index contributed by atoms with van der Waals surface area (Å²) in [5.41, 5.74) is -0.664. The summed E-state index contributed by atoms with van der Waals surface area (Å²) in [5, 5.41) is 10.5. The van der Waals surface area contributed by atoms with Gasteiger partial charge in [0, 0.05) is 23.3 Å². The maximum atomic E-state index is 12.6. The van der Waals surface area contributed by atoms with Gasteiger partial charge in [0.15, 0.2) is 0 Å². The van der Waals surface area contributed by atoms with E-state index in [0.717, 1.165) is 6.42 Å². The van der Waals surface area contributed by atoms with E-state index in [1.165, 1.54) is 0 Å². The first-order valence-corrected chi connectivity index (χ1v) is 6.18. The van der Waals surface area contributed by atoms with Crippen LogP contribution in [-0.2, 0) is 0 Å². The van der Waals surface area contributed by atoms with Crippen LogP contribution >= 0.6 is 11.8 Å². The zero-order chi connectivity index (χ0) is 10.4. The number of aliphatic hydroxyl groups is 1. The predicted octanol–water partition coefficient (Wildman–Crippen LogP) is 2.68. The van der Waals surface area contributed by atoms with Gasteiger partial charge < -0.3 is 5.11 Å². The SMILES string of the molecule is CC1CC(O)(CCC2CC2(F)F)CS1. The van der Waals surface area contributed by atoms with Crippen molar-refractivity contribution in [1.29, 1.82) is 0 Å². The van der Waals surface area contributed by atoms with Crippen LogP contribution in [0.2, 0.25) is 0 Å². The zero-order valence-corrected chi connectivity index (χ0v) is 9.12. The molecule has 1 aliphatic heterocycles. The number of halogens is 2. The van der Waals surface area contributed by atoms with E-state index in [9.17, 15) is 13.9 Å². The maximum absolute atomic E-state index is 12.6. The number of alkyl halides is 2. The van der Waals surface area contributed by atoms with E-state index >= 15 is 0 Å². The Kier molecular flexibility index (Phi) is 2.55. The number of rotatable bonds is 3. The Labute approximate surface area is 87.3 Å². The summed E-state index contributed by atoms with van der Waals surface area (Å²) in [6, 6.07) is 0. The smallest absolute Gasteiger partial charge is 0.251 e. The van der Waals surface area contributed by atoms with Crippen LogP contribution in [0.3, 0.4) is 0 Å². The first kappa shape index (κ1) is 10.7. The molecule has 1 aliphatic carbocycles. The molecule has 1 nitrogen and oxygen atoms in total. The van der Waals surface area contributed by atoms with Gasteiger partial charge in [-0.15, -0.1) is 0 Å². The average Bonchev–Trinajstić information content (AvgIpc) is 2.53. The molecule has 3 atom stereocenters. The van der Waals surface area contributed by atoms with Gasteiger partial charge >= 0.3 is 0 Å². The normalized spacial score (nSPS) is 45.4. The highest BCUT2D eigenvalue weighted by atomic mass is 32.2. The minimum Gasteiger partial charge on any atom is -0.389 e. The third kappa shape index (κ3) is 2.22. The number of hydrogen-bond acceptors (Lipinski definition) is 2. The molecule has 1 N–H and O–H groups in total. The second-order valence-electron chi connectivity index (χ2n) is 4.75. The third-order valence-electron chi connectivity index (χ3n) is 3.22. The molecule has 0 aromatic carbocycles. The van der Waals surface area contributed by atoms with Gasteiger partial charge in [0.1, 0.15) is 0 Å². The molecule has 0 aromatic rings. The molecule has 1 saturated heterocycles. The number of thioether (sulfide) groups is 1. The van der Waals surface area contributed by atoms with E-state index in [0.29, 0.717) is 23.8 Å². The lowest BCUT2D eigenvalue weighted by Gasteiger charge is -2.21. The van der Waals surface area contributed by atoms with E-state index in [1.807, 2.05) is 0 Å². The van der Waals surface area contributed by atoms with Crippen LogP contribution in [0.4, 0.5) is 8.78 Å². The fourth-order valence-electron chi connectivity index (χ4n) is 2.15. The van der Waals surface area contributed by atoms with E-state index in [-0.39, 0.29) is 6.42 Å². The zero-order valence-electron chi connectivity index (χ0n) is 8.30. The first-order chi connectivity index (χ1) is 6.41. The molecule has 0 spiro atoms. The highest BCUT2D eigenvalue weighted by Crippen LogP contribution is 2.52. The summed E-state index contributed by atoms with van der Waals surface area (Å²) in [5.74, 6) is -2.16. The van der Waals surface area contributed by atoms with Crippen molar-refractivity contribution in [3.05, 3.63) is 0 Å². The first-order valence-electron chi connectivity index (χ1n) is 5.13. The van der Waals surface area contributed by atoms with Gasteiger partial charge in [0.05, 0.1) is 5.60 Å². The van der Waals surface area contributed by atoms with Crippen LogP contribution in [0, 0.1) is 5.92 Å². The fraction of sp³-hybridized carbons (Fsp3) is 1.00. The van der Waals surface area contributed by atoms with E-state index in [1.54, 1.807) is 11.8 Å². The summed E-state index contributed by atoms with van der Waals surface area (Å²) in [6.07, 6.45) is 1.82. The van der Waals surface area contributed by atoms with Crippen LogP contribution in [0.1, 0.15) is 32.6 Å². The topological polar surface area (TPSA) is 20.2 Å². The molecule has 14 heavy (non-hydrogen) atoms. The molecule has 0 amide bonds. The predicted molar refractivity (Wildman–Crippen MR) is 53.8 cm³/mol. The third-order valence-corrected chi connectivity index (χ3v) is 4.66. The monoisotopic (exact) mass is 222 g/mol. The molecule has 3 unspecified atom stereocenters. The lowest BCUT2D eigenvalue weighted by molar-refractivity contribution is 0.0424. The molecule has 0 aromatic heterocycles. The van der Waals surface area contributed by atoms with Crippen LogP contribution in [-0.4, -0.2) is 27.6 Å². The summed E-state index contributed by atoms with van der Waals surface area (Å²) in [4.78, 5) is 0. The maximum Gasteiger partial charge on any atom is 0.251 e. The highest BCUT2D eigenvalue weighted by Gasteiger charge is 2.56. The van der Waals surface area contributed by atoms with E-state index in [4.69, 9.17) is 0 Å².